The molecule has 0 bridgehead atoms. The molecular formula is C10H11ClN2O4. The van der Waals surface area contributed by atoms with Crippen LogP contribution in [-0.2, 0) is 20.9 Å². The lowest BCUT2D eigenvalue weighted by Crippen LogP contribution is -2.28. The Hall–Kier alpha value is -1.82. The number of pyridine rings is 1. The maximum atomic E-state index is 11.8. The van der Waals surface area contributed by atoms with Crippen molar-refractivity contribution in [2.45, 2.75) is 6.54 Å². The molecule has 0 spiro atoms. The highest BCUT2D eigenvalue weighted by atomic mass is 35.5. The molecule has 0 atom stereocenters. The van der Waals surface area contributed by atoms with Crippen LogP contribution in [0.1, 0.15) is 0 Å². The normalized spacial score (nSPS) is 9.76. The molecule has 1 rings (SSSR count). The number of amides is 1. The fourth-order valence-corrected chi connectivity index (χ4v) is 1.21. The Balaban J connectivity index is 2.95. The quantitative estimate of drug-likeness (QED) is 0.618. The molecule has 0 aliphatic carbocycles. The zero-order valence-corrected chi connectivity index (χ0v) is 9.86. The van der Waals surface area contributed by atoms with Gasteiger partial charge in [0.25, 0.3) is 5.56 Å². The number of methoxy groups -OCH3 is 1. The van der Waals surface area contributed by atoms with Gasteiger partial charge in [-0.2, -0.15) is 0 Å². The number of esters is 1. The number of carbonyl (C=O) groups excluding carboxylic acids is 2. The molecule has 17 heavy (non-hydrogen) atoms. The van der Waals surface area contributed by atoms with E-state index in [0.29, 0.717) is 0 Å². The van der Waals surface area contributed by atoms with E-state index in [0.717, 1.165) is 4.57 Å². The number of nitrogens with zero attached hydrogens (tertiary/aromatic N) is 1. The van der Waals surface area contributed by atoms with Crippen LogP contribution >= 0.6 is 11.6 Å². The zero-order valence-electron chi connectivity index (χ0n) is 9.10. The molecule has 0 aromatic carbocycles. The minimum absolute atomic E-state index is 0.0713. The third-order valence-electron chi connectivity index (χ3n) is 1.94. The highest BCUT2D eigenvalue weighted by molar-refractivity contribution is 6.29. The summed E-state index contributed by atoms with van der Waals surface area (Å²) in [7, 11) is 1.23. The topological polar surface area (TPSA) is 77.4 Å². The highest BCUT2D eigenvalue weighted by Gasteiger charge is 2.09. The molecule has 0 aliphatic heterocycles. The van der Waals surface area contributed by atoms with Gasteiger partial charge in [-0.05, 0) is 12.1 Å². The van der Waals surface area contributed by atoms with Crippen molar-refractivity contribution >= 4 is 29.2 Å². The smallest absolute Gasteiger partial charge is 0.325 e. The minimum atomic E-state index is -0.548. The van der Waals surface area contributed by atoms with Crippen LogP contribution < -0.4 is 10.9 Å². The first kappa shape index (κ1) is 13.2. The van der Waals surface area contributed by atoms with Gasteiger partial charge in [0.15, 0.2) is 0 Å². The van der Waals surface area contributed by atoms with Gasteiger partial charge < -0.3 is 14.6 Å². The number of halogens is 1. The van der Waals surface area contributed by atoms with Gasteiger partial charge in [0.1, 0.15) is 18.1 Å². The third-order valence-corrected chi connectivity index (χ3v) is 2.19. The Labute approximate surface area is 102 Å². The summed E-state index contributed by atoms with van der Waals surface area (Å²) in [5.41, 5.74) is -0.418. The van der Waals surface area contributed by atoms with Crippen LogP contribution in [0.25, 0.3) is 0 Å². The van der Waals surface area contributed by atoms with Crippen molar-refractivity contribution in [2.24, 2.45) is 0 Å². The van der Waals surface area contributed by atoms with E-state index in [9.17, 15) is 14.4 Å². The third kappa shape index (κ3) is 3.60. The van der Waals surface area contributed by atoms with Crippen LogP contribution in [0.15, 0.2) is 23.1 Å². The molecule has 0 saturated carbocycles. The fourth-order valence-electron chi connectivity index (χ4n) is 1.14. The number of hydrogen-bond acceptors (Lipinski definition) is 4. The summed E-state index contributed by atoms with van der Waals surface area (Å²) in [5, 5.41) is 2.34. The second-order valence-corrected chi connectivity index (χ2v) is 3.38. The van der Waals surface area contributed by atoms with Gasteiger partial charge in [0.2, 0.25) is 5.91 Å². The molecule has 0 fully saturated rings. The number of hydrogen-bond donors (Lipinski definition) is 1. The van der Waals surface area contributed by atoms with Crippen LogP contribution in [0.3, 0.4) is 0 Å². The molecule has 92 valence electrons. The van der Waals surface area contributed by atoms with Crippen molar-refractivity contribution in [2.75, 3.05) is 18.3 Å². The number of ether oxygens (including phenoxy) is 1. The number of aromatic nitrogens is 1. The summed E-state index contributed by atoms with van der Waals surface area (Å²) in [6, 6.07) is 2.97. The number of rotatable bonds is 4. The van der Waals surface area contributed by atoms with E-state index in [1.807, 2.05) is 0 Å². The SMILES string of the molecule is COC(=O)Cn1cccc(NC(=O)CCl)c1=O. The predicted molar refractivity (Wildman–Crippen MR) is 62.1 cm³/mol. The Bertz CT molecular complexity index is 444. The van der Waals surface area contributed by atoms with Gasteiger partial charge >= 0.3 is 5.97 Å². The van der Waals surface area contributed by atoms with Gasteiger partial charge in [-0.3, -0.25) is 14.4 Å². The molecule has 1 N–H and O–H groups in total. The molecule has 1 aromatic rings. The summed E-state index contributed by atoms with van der Waals surface area (Å²) in [5.74, 6) is -1.28. The molecule has 0 saturated heterocycles. The first-order valence-corrected chi connectivity index (χ1v) is 5.24. The van der Waals surface area contributed by atoms with Gasteiger partial charge in [0.05, 0.1) is 7.11 Å². The van der Waals surface area contributed by atoms with Gasteiger partial charge in [-0.1, -0.05) is 0 Å². The van der Waals surface area contributed by atoms with Crippen molar-refractivity contribution in [3.63, 3.8) is 0 Å². The molecule has 6 nitrogen and oxygen atoms in total. The largest absolute Gasteiger partial charge is 0.468 e. The van der Waals surface area contributed by atoms with Crippen molar-refractivity contribution < 1.29 is 14.3 Å². The van der Waals surface area contributed by atoms with E-state index in [4.69, 9.17) is 11.6 Å². The average molecular weight is 259 g/mol. The Morgan fingerprint density at radius 3 is 2.82 bits per heavy atom. The standard InChI is InChI=1S/C10H11ClN2O4/c1-17-9(15)6-13-4-2-3-7(10(13)16)12-8(14)5-11/h2-4H,5-6H2,1H3,(H,12,14). The maximum Gasteiger partial charge on any atom is 0.325 e. The van der Waals surface area contributed by atoms with Gasteiger partial charge in [-0.15, -0.1) is 11.6 Å². The van der Waals surface area contributed by atoms with Gasteiger partial charge in [-0.25, -0.2) is 0 Å². The first-order chi connectivity index (χ1) is 8.08. The number of anilines is 1. The van der Waals surface area contributed by atoms with E-state index >= 15 is 0 Å². The molecule has 0 aliphatic rings. The molecule has 7 heteroatoms. The summed E-state index contributed by atoms with van der Waals surface area (Å²) in [6.45, 7) is -0.208. The Morgan fingerprint density at radius 1 is 1.53 bits per heavy atom. The van der Waals surface area contributed by atoms with Crippen molar-refractivity contribution in [3.8, 4) is 0 Å². The summed E-state index contributed by atoms with van der Waals surface area (Å²) < 4.78 is 5.58. The summed E-state index contributed by atoms with van der Waals surface area (Å²) in [6.07, 6.45) is 1.43. The molecule has 1 amide bonds. The summed E-state index contributed by atoms with van der Waals surface area (Å²) >= 11 is 5.31. The molecule has 0 unspecified atom stereocenters. The van der Waals surface area contributed by atoms with Crippen LogP contribution in [0.5, 0.6) is 0 Å². The van der Waals surface area contributed by atoms with Crippen molar-refractivity contribution in [1.82, 2.24) is 4.57 Å². The minimum Gasteiger partial charge on any atom is -0.468 e. The van der Waals surface area contributed by atoms with Crippen LogP contribution in [-0.4, -0.2) is 29.4 Å². The number of carbonyl (C=O) groups is 2. The fraction of sp³-hybridized carbons (Fsp3) is 0.300. The monoisotopic (exact) mass is 258 g/mol. The maximum absolute atomic E-state index is 11.8. The van der Waals surface area contributed by atoms with E-state index in [1.54, 1.807) is 0 Å². The van der Waals surface area contributed by atoms with E-state index in [2.05, 4.69) is 10.1 Å². The molecule has 1 heterocycles. The van der Waals surface area contributed by atoms with Crippen LogP contribution in [0, 0.1) is 0 Å². The van der Waals surface area contributed by atoms with E-state index < -0.39 is 17.4 Å². The Morgan fingerprint density at radius 2 is 2.24 bits per heavy atom. The first-order valence-electron chi connectivity index (χ1n) is 4.70. The van der Waals surface area contributed by atoms with E-state index in [-0.39, 0.29) is 18.1 Å². The highest BCUT2D eigenvalue weighted by Crippen LogP contribution is 1.99. The molecule has 1 aromatic heterocycles. The van der Waals surface area contributed by atoms with Crippen LogP contribution in [0.2, 0.25) is 0 Å². The molecular weight excluding hydrogens is 248 g/mol. The van der Waals surface area contributed by atoms with Crippen LogP contribution in [0.4, 0.5) is 5.69 Å². The average Bonchev–Trinajstić information content (AvgIpc) is 2.33. The number of nitrogens with one attached hydrogen (secondary N) is 1. The second kappa shape index (κ2) is 6.05. The zero-order chi connectivity index (χ0) is 12.8. The predicted octanol–water partition coefficient (Wildman–Crippen LogP) is 0.199. The lowest BCUT2D eigenvalue weighted by molar-refractivity contribution is -0.141. The van der Waals surface area contributed by atoms with Gasteiger partial charge in [0, 0.05) is 6.20 Å². The van der Waals surface area contributed by atoms with Crippen molar-refractivity contribution in [3.05, 3.63) is 28.7 Å². The molecule has 0 radical (unpaired) electrons. The van der Waals surface area contributed by atoms with Crippen molar-refractivity contribution in [1.29, 1.82) is 0 Å². The number of alkyl halides is 1. The second-order valence-electron chi connectivity index (χ2n) is 3.11. The summed E-state index contributed by atoms with van der Waals surface area (Å²) in [4.78, 5) is 33.8. The van der Waals surface area contributed by atoms with E-state index in [1.165, 1.54) is 25.4 Å². The lowest BCUT2D eigenvalue weighted by atomic mass is 10.4. The Kier molecular flexibility index (Phi) is 4.71. The lowest BCUT2D eigenvalue weighted by Gasteiger charge is -2.07.